The van der Waals surface area contributed by atoms with Gasteiger partial charge >= 0.3 is 17.9 Å². The van der Waals surface area contributed by atoms with Crippen LogP contribution in [0.3, 0.4) is 0 Å². The Morgan fingerprint density at radius 2 is 1.81 bits per heavy atom. The Balaban J connectivity index is 1.49. The third-order valence-electron chi connectivity index (χ3n) is 5.61. The summed E-state index contributed by atoms with van der Waals surface area (Å²) < 4.78 is 40.4. The fourth-order valence-electron chi connectivity index (χ4n) is 3.65. The average molecular weight is 531 g/mol. The van der Waals surface area contributed by atoms with Crippen molar-refractivity contribution >= 4 is 29.2 Å². The van der Waals surface area contributed by atoms with Gasteiger partial charge in [0.05, 0.1) is 29.2 Å². The lowest BCUT2D eigenvalue weighted by Gasteiger charge is -2.34. The molecular weight excluding hydrogens is 505 g/mol. The summed E-state index contributed by atoms with van der Waals surface area (Å²) in [7, 11) is 0. The molecule has 1 saturated heterocycles. The number of aromatic amines is 1. The maximum absolute atomic E-state index is 13.0. The molecule has 1 aliphatic heterocycles. The van der Waals surface area contributed by atoms with E-state index >= 15 is 0 Å². The third-order valence-corrected chi connectivity index (χ3v) is 5.94. The Bertz CT molecular complexity index is 1240. The summed E-state index contributed by atoms with van der Waals surface area (Å²) in [6.45, 7) is 4.80. The largest absolute Gasteiger partial charge is 0.417 e. The minimum atomic E-state index is -4.64. The molecule has 2 aromatic rings. The van der Waals surface area contributed by atoms with E-state index in [1.807, 2.05) is 0 Å². The molecule has 0 bridgehead atoms. The number of halogens is 4. The number of benzene rings is 1. The van der Waals surface area contributed by atoms with Crippen LogP contribution in [0.1, 0.15) is 31.0 Å². The van der Waals surface area contributed by atoms with E-state index in [9.17, 15) is 32.3 Å². The smallest absolute Gasteiger partial charge is 0.334 e. The minimum absolute atomic E-state index is 0.0199. The predicted molar refractivity (Wildman–Crippen MR) is 127 cm³/mol. The van der Waals surface area contributed by atoms with Crippen molar-refractivity contribution in [3.8, 4) is 0 Å². The Kier molecular flexibility index (Phi) is 8.46. The normalized spacial score (nSPS) is 14.7. The van der Waals surface area contributed by atoms with Gasteiger partial charge in [0.1, 0.15) is 0 Å². The highest BCUT2D eigenvalue weighted by atomic mass is 35.5. The van der Waals surface area contributed by atoms with Crippen molar-refractivity contribution in [2.24, 2.45) is 0 Å². The molecule has 36 heavy (non-hydrogen) atoms. The molecule has 0 unspecified atom stereocenters. The van der Waals surface area contributed by atoms with Crippen LogP contribution in [-0.4, -0.2) is 64.0 Å². The number of rotatable bonds is 6. The number of aromatic nitrogens is 2. The van der Waals surface area contributed by atoms with Gasteiger partial charge in [0.15, 0.2) is 0 Å². The van der Waals surface area contributed by atoms with Gasteiger partial charge in [-0.25, -0.2) is 9.59 Å². The van der Waals surface area contributed by atoms with Crippen LogP contribution < -0.4 is 21.9 Å². The van der Waals surface area contributed by atoms with E-state index in [2.05, 4.69) is 15.6 Å². The van der Waals surface area contributed by atoms with Gasteiger partial charge < -0.3 is 15.5 Å². The van der Waals surface area contributed by atoms with Gasteiger partial charge in [-0.2, -0.15) is 13.2 Å². The number of hydrogen-bond acceptors (Lipinski definition) is 5. The number of anilines is 1. The van der Waals surface area contributed by atoms with Crippen LogP contribution in [-0.2, 0) is 17.5 Å². The monoisotopic (exact) mass is 530 g/mol. The SMILES string of the molecule is CC(C)n1cc(CNC(=O)N2CCN(CC(=O)Nc3ccc(Cl)c(C(F)(F)F)c3)CC2)c(=O)[nH]c1=O. The number of H-pyrrole nitrogens is 1. The van der Waals surface area contributed by atoms with Crippen LogP contribution in [0.4, 0.5) is 23.7 Å². The molecule has 1 aromatic carbocycles. The Morgan fingerprint density at radius 1 is 1.14 bits per heavy atom. The van der Waals surface area contributed by atoms with E-state index in [1.54, 1.807) is 18.7 Å². The second-order valence-corrected chi connectivity index (χ2v) is 8.98. The van der Waals surface area contributed by atoms with Crippen LogP contribution in [0.5, 0.6) is 0 Å². The molecule has 0 atom stereocenters. The third kappa shape index (κ3) is 6.88. The van der Waals surface area contributed by atoms with Crippen LogP contribution in [0.2, 0.25) is 5.02 Å². The van der Waals surface area contributed by atoms with Crippen LogP contribution in [0.15, 0.2) is 34.0 Å². The lowest BCUT2D eigenvalue weighted by molar-refractivity contribution is -0.137. The second-order valence-electron chi connectivity index (χ2n) is 8.58. The second kappa shape index (κ2) is 11.2. The molecule has 0 spiro atoms. The number of carbonyl (C=O) groups is 2. The lowest BCUT2D eigenvalue weighted by Crippen LogP contribution is -2.53. The summed E-state index contributed by atoms with van der Waals surface area (Å²) in [6, 6.07) is 2.57. The van der Waals surface area contributed by atoms with Crippen molar-refractivity contribution in [3.05, 3.63) is 61.4 Å². The summed E-state index contributed by atoms with van der Waals surface area (Å²) in [5, 5.41) is 4.63. The molecule has 196 valence electrons. The van der Waals surface area contributed by atoms with E-state index in [1.165, 1.54) is 21.7 Å². The summed E-state index contributed by atoms with van der Waals surface area (Å²) in [4.78, 5) is 54.2. The minimum Gasteiger partial charge on any atom is -0.334 e. The number of nitrogens with one attached hydrogen (secondary N) is 3. The molecule has 3 rings (SSSR count). The van der Waals surface area contributed by atoms with Gasteiger partial charge in [-0.3, -0.25) is 24.0 Å². The molecule has 2 heterocycles. The predicted octanol–water partition coefficient (Wildman–Crippen LogP) is 2.26. The average Bonchev–Trinajstić information content (AvgIpc) is 2.79. The molecule has 1 aliphatic rings. The maximum atomic E-state index is 13.0. The zero-order valence-corrected chi connectivity index (χ0v) is 20.4. The van der Waals surface area contributed by atoms with Gasteiger partial charge in [0.25, 0.3) is 5.56 Å². The van der Waals surface area contributed by atoms with Crippen molar-refractivity contribution < 1.29 is 22.8 Å². The number of nitrogens with zero attached hydrogens (tertiary/aromatic N) is 3. The first-order valence-corrected chi connectivity index (χ1v) is 11.5. The molecule has 1 fully saturated rings. The summed E-state index contributed by atoms with van der Waals surface area (Å²) in [6.07, 6.45) is -3.22. The summed E-state index contributed by atoms with van der Waals surface area (Å²) >= 11 is 5.59. The molecule has 14 heteroatoms. The van der Waals surface area contributed by atoms with Crippen molar-refractivity contribution in [2.75, 3.05) is 38.0 Å². The van der Waals surface area contributed by atoms with E-state index in [0.29, 0.717) is 26.2 Å². The first-order chi connectivity index (χ1) is 16.8. The number of urea groups is 1. The lowest BCUT2D eigenvalue weighted by atomic mass is 10.2. The topological polar surface area (TPSA) is 120 Å². The Morgan fingerprint density at radius 3 is 2.42 bits per heavy atom. The van der Waals surface area contributed by atoms with E-state index in [-0.39, 0.29) is 30.4 Å². The number of alkyl halides is 3. The van der Waals surface area contributed by atoms with Gasteiger partial charge in [0.2, 0.25) is 5.91 Å². The highest BCUT2D eigenvalue weighted by molar-refractivity contribution is 6.31. The van der Waals surface area contributed by atoms with Gasteiger partial charge in [-0.05, 0) is 32.0 Å². The van der Waals surface area contributed by atoms with Crippen molar-refractivity contribution in [2.45, 2.75) is 32.6 Å². The molecule has 0 radical (unpaired) electrons. The first-order valence-electron chi connectivity index (χ1n) is 11.1. The number of amides is 3. The summed E-state index contributed by atoms with van der Waals surface area (Å²) in [5.74, 6) is -0.497. The quantitative estimate of drug-likeness (QED) is 0.529. The Labute approximate surface area is 209 Å². The fourth-order valence-corrected chi connectivity index (χ4v) is 3.88. The van der Waals surface area contributed by atoms with Gasteiger partial charge in [-0.1, -0.05) is 11.6 Å². The molecule has 0 aliphatic carbocycles. The van der Waals surface area contributed by atoms with Crippen molar-refractivity contribution in [1.29, 1.82) is 0 Å². The zero-order chi connectivity index (χ0) is 26.6. The highest BCUT2D eigenvalue weighted by Gasteiger charge is 2.33. The van der Waals surface area contributed by atoms with Crippen LogP contribution in [0.25, 0.3) is 0 Å². The van der Waals surface area contributed by atoms with Crippen LogP contribution in [0, 0.1) is 0 Å². The van der Waals surface area contributed by atoms with E-state index in [0.717, 1.165) is 12.1 Å². The number of piperazine rings is 1. The van der Waals surface area contributed by atoms with E-state index < -0.39 is 39.9 Å². The molecule has 10 nitrogen and oxygen atoms in total. The van der Waals surface area contributed by atoms with Crippen LogP contribution >= 0.6 is 11.6 Å². The molecule has 3 N–H and O–H groups in total. The fraction of sp³-hybridized carbons (Fsp3) is 0.455. The highest BCUT2D eigenvalue weighted by Crippen LogP contribution is 2.36. The van der Waals surface area contributed by atoms with Crippen molar-refractivity contribution in [3.63, 3.8) is 0 Å². The number of hydrogen-bond donors (Lipinski definition) is 3. The molecule has 0 saturated carbocycles. The molecular formula is C22H26ClF3N6O4. The standard InChI is InChI=1S/C22H26ClF3N6O4/c1-13(2)32-11-14(19(34)29-21(32)36)10-27-20(35)31-7-5-30(6-8-31)12-18(33)28-15-3-4-17(23)16(9-15)22(24,25)26/h3-4,9,11,13H,5-8,10,12H2,1-2H3,(H,27,35)(H,28,33)(H,29,34,36). The molecule has 3 amide bonds. The molecule has 1 aromatic heterocycles. The van der Waals surface area contributed by atoms with E-state index in [4.69, 9.17) is 11.6 Å². The maximum Gasteiger partial charge on any atom is 0.417 e. The van der Waals surface area contributed by atoms with Gasteiger partial charge in [0, 0.05) is 44.1 Å². The zero-order valence-electron chi connectivity index (χ0n) is 19.6. The first kappa shape index (κ1) is 27.3. The summed E-state index contributed by atoms with van der Waals surface area (Å²) in [5.41, 5.74) is -1.92. The van der Waals surface area contributed by atoms with Gasteiger partial charge in [-0.15, -0.1) is 0 Å². The van der Waals surface area contributed by atoms with Crippen molar-refractivity contribution in [1.82, 2.24) is 24.7 Å². The Hall–Kier alpha value is -3.32. The number of carbonyl (C=O) groups excluding carboxylic acids is 2.